The number of hydrogen-bond donors (Lipinski definition) is 2. The Balaban J connectivity index is 1.76. The van der Waals surface area contributed by atoms with Gasteiger partial charge in [-0.3, -0.25) is 9.79 Å². The highest BCUT2D eigenvalue weighted by Gasteiger charge is 2.27. The normalized spacial score (nSPS) is 18.3. The van der Waals surface area contributed by atoms with Crippen molar-refractivity contribution in [3.8, 4) is 11.6 Å². The number of nitrogens with zero attached hydrogens (tertiary/aromatic N) is 2. The molecule has 2 aromatic rings. The predicted molar refractivity (Wildman–Crippen MR) is 130 cm³/mol. The largest absolute Gasteiger partial charge is 0.465 e. The Labute approximate surface area is 203 Å². The average Bonchev–Trinajstić information content (AvgIpc) is 2.80. The molecule has 9 nitrogen and oxygen atoms in total. The van der Waals surface area contributed by atoms with Crippen molar-refractivity contribution in [2.24, 2.45) is 10.7 Å². The maximum Gasteiger partial charge on any atom is 0.327 e. The smallest absolute Gasteiger partial charge is 0.327 e. The van der Waals surface area contributed by atoms with E-state index in [0.717, 1.165) is 0 Å². The molecule has 0 saturated heterocycles. The van der Waals surface area contributed by atoms with Crippen molar-refractivity contribution in [2.45, 2.75) is 31.2 Å². The van der Waals surface area contributed by atoms with Gasteiger partial charge in [0.15, 0.2) is 0 Å². The summed E-state index contributed by atoms with van der Waals surface area (Å²) < 4.78 is 39.4. The molecule has 1 aliphatic rings. The van der Waals surface area contributed by atoms with Gasteiger partial charge < -0.3 is 15.2 Å². The van der Waals surface area contributed by atoms with Crippen LogP contribution in [0.2, 0.25) is 5.02 Å². The quantitative estimate of drug-likeness (QED) is 0.527. The van der Waals surface area contributed by atoms with Gasteiger partial charge in [-0.2, -0.15) is 0 Å². The van der Waals surface area contributed by atoms with Crippen LogP contribution in [0.1, 0.15) is 18.9 Å². The van der Waals surface area contributed by atoms with Crippen LogP contribution in [0.15, 0.2) is 70.3 Å². The van der Waals surface area contributed by atoms with Gasteiger partial charge >= 0.3 is 5.97 Å². The fraction of sp³-hybridized carbons (Fsp3) is 0.261. The minimum absolute atomic E-state index is 0.0237. The number of ether oxygens (including phenoxy) is 2. The number of nitrogens with one attached hydrogen (secondary N) is 1. The standard InChI is InChI=1S/C23H25ClN4O5S/c1-3-32-22(29)14-26-20-5-4-6-21(19(20)12-25)28-34(30,31)18-11-15(2)23(27-13-18)33-17-9-7-16(24)8-10-17/h4-5,7-13,21,28H,3,6,14,25H2,1-2H3. The third-order valence-electron chi connectivity index (χ3n) is 4.82. The van der Waals surface area contributed by atoms with Crippen LogP contribution in [-0.2, 0) is 19.6 Å². The van der Waals surface area contributed by atoms with Crippen molar-refractivity contribution in [3.05, 3.63) is 71.0 Å². The summed E-state index contributed by atoms with van der Waals surface area (Å²) in [5.41, 5.74) is 7.18. The lowest BCUT2D eigenvalue weighted by molar-refractivity contribution is -0.141. The molecule has 180 valence electrons. The van der Waals surface area contributed by atoms with Gasteiger partial charge in [0.25, 0.3) is 0 Å². The number of nitrogens with two attached hydrogens (primary N) is 1. The summed E-state index contributed by atoms with van der Waals surface area (Å²) in [7, 11) is -3.95. The minimum Gasteiger partial charge on any atom is -0.465 e. The van der Waals surface area contributed by atoms with E-state index in [0.29, 0.717) is 34.0 Å². The second kappa shape index (κ2) is 11.3. The SMILES string of the molecule is CCOC(=O)CN=C1C=CCC(NS(=O)(=O)c2cnc(Oc3ccc(Cl)cc3)c(C)c2)C1=CN. The molecule has 1 aromatic heterocycles. The number of aromatic nitrogens is 1. The number of allylic oxidation sites excluding steroid dienone is 1. The third kappa shape index (κ3) is 6.43. The van der Waals surface area contributed by atoms with Crippen LogP contribution in [-0.4, -0.2) is 44.3 Å². The van der Waals surface area contributed by atoms with Gasteiger partial charge in [-0.1, -0.05) is 17.7 Å². The van der Waals surface area contributed by atoms with Crippen molar-refractivity contribution in [3.63, 3.8) is 0 Å². The van der Waals surface area contributed by atoms with E-state index < -0.39 is 22.0 Å². The molecule has 1 aromatic carbocycles. The van der Waals surface area contributed by atoms with E-state index in [-0.39, 0.29) is 23.9 Å². The predicted octanol–water partition coefficient (Wildman–Crippen LogP) is 3.29. The van der Waals surface area contributed by atoms with Crippen LogP contribution < -0.4 is 15.2 Å². The number of esters is 1. The monoisotopic (exact) mass is 504 g/mol. The number of carbonyl (C=O) groups excluding carboxylic acids is 1. The molecule has 3 N–H and O–H groups in total. The molecule has 0 radical (unpaired) electrons. The second-order valence-corrected chi connectivity index (χ2v) is 9.44. The number of pyridine rings is 1. The van der Waals surface area contributed by atoms with Crippen molar-refractivity contribution in [2.75, 3.05) is 13.2 Å². The lowest BCUT2D eigenvalue weighted by Crippen LogP contribution is -2.39. The number of sulfonamides is 1. The summed E-state index contributed by atoms with van der Waals surface area (Å²) in [6, 6.07) is 7.55. The number of hydrogen-bond acceptors (Lipinski definition) is 8. The van der Waals surface area contributed by atoms with E-state index in [2.05, 4.69) is 14.7 Å². The van der Waals surface area contributed by atoms with Crippen molar-refractivity contribution >= 4 is 33.3 Å². The molecule has 11 heteroatoms. The number of aryl methyl sites for hydroxylation is 1. The molecule has 1 unspecified atom stereocenters. The molecule has 34 heavy (non-hydrogen) atoms. The maximum atomic E-state index is 13.1. The summed E-state index contributed by atoms with van der Waals surface area (Å²) in [6.07, 6.45) is 6.33. The summed E-state index contributed by atoms with van der Waals surface area (Å²) in [4.78, 5) is 20.0. The molecule has 0 spiro atoms. The Hall–Kier alpha value is -3.21. The van der Waals surface area contributed by atoms with Crippen molar-refractivity contribution < 1.29 is 22.7 Å². The number of halogens is 1. The number of rotatable bonds is 8. The second-order valence-electron chi connectivity index (χ2n) is 7.29. The van der Waals surface area contributed by atoms with E-state index in [4.69, 9.17) is 26.8 Å². The zero-order chi connectivity index (χ0) is 24.7. The van der Waals surface area contributed by atoms with Crippen molar-refractivity contribution in [1.29, 1.82) is 0 Å². The average molecular weight is 505 g/mol. The summed E-state index contributed by atoms with van der Waals surface area (Å²) in [6.45, 7) is 3.46. The first-order chi connectivity index (χ1) is 16.2. The van der Waals surface area contributed by atoms with E-state index in [1.165, 1.54) is 18.5 Å². The highest BCUT2D eigenvalue weighted by Crippen LogP contribution is 2.26. The molecular weight excluding hydrogens is 480 g/mol. The lowest BCUT2D eigenvalue weighted by atomic mass is 9.95. The van der Waals surface area contributed by atoms with Crippen LogP contribution >= 0.6 is 11.6 Å². The van der Waals surface area contributed by atoms with E-state index in [9.17, 15) is 13.2 Å². The molecule has 0 bridgehead atoms. The van der Waals surface area contributed by atoms with Crippen LogP contribution in [0.25, 0.3) is 0 Å². The summed E-state index contributed by atoms with van der Waals surface area (Å²) in [5.74, 6) is 0.317. The Morgan fingerprint density at radius 2 is 2.09 bits per heavy atom. The number of carbonyl (C=O) groups is 1. The topological polar surface area (TPSA) is 133 Å². The fourth-order valence-electron chi connectivity index (χ4n) is 3.19. The molecule has 0 saturated carbocycles. The minimum atomic E-state index is -3.95. The van der Waals surface area contributed by atoms with Crippen LogP contribution in [0.5, 0.6) is 11.6 Å². The zero-order valence-electron chi connectivity index (χ0n) is 18.7. The van der Waals surface area contributed by atoms with Crippen LogP contribution in [0.3, 0.4) is 0 Å². The van der Waals surface area contributed by atoms with E-state index in [1.54, 1.807) is 50.3 Å². The third-order valence-corrected chi connectivity index (χ3v) is 6.51. The summed E-state index contributed by atoms with van der Waals surface area (Å²) in [5, 5.41) is 0.571. The van der Waals surface area contributed by atoms with Crippen molar-refractivity contribution in [1.82, 2.24) is 9.71 Å². The Kier molecular flexibility index (Phi) is 8.43. The Morgan fingerprint density at radius 1 is 1.35 bits per heavy atom. The van der Waals surface area contributed by atoms with E-state index >= 15 is 0 Å². The summed E-state index contributed by atoms with van der Waals surface area (Å²) >= 11 is 5.88. The van der Waals surface area contributed by atoms with Gasteiger partial charge in [0.05, 0.1) is 24.6 Å². The molecule has 1 aliphatic carbocycles. The highest BCUT2D eigenvalue weighted by atomic mass is 35.5. The lowest BCUT2D eigenvalue weighted by Gasteiger charge is -2.24. The molecule has 0 amide bonds. The molecule has 1 atom stereocenters. The van der Waals surface area contributed by atoms with Gasteiger partial charge in [0.2, 0.25) is 15.9 Å². The fourth-order valence-corrected chi connectivity index (χ4v) is 4.57. The first kappa shape index (κ1) is 25.4. The molecule has 0 fully saturated rings. The number of benzene rings is 1. The van der Waals surface area contributed by atoms with Crippen LogP contribution in [0.4, 0.5) is 0 Å². The molecule has 1 heterocycles. The molecular formula is C23H25ClN4O5S. The highest BCUT2D eigenvalue weighted by molar-refractivity contribution is 7.89. The molecule has 0 aliphatic heterocycles. The number of aliphatic imine (C=N–C) groups is 1. The maximum absolute atomic E-state index is 13.1. The first-order valence-corrected chi connectivity index (χ1v) is 12.3. The van der Waals surface area contributed by atoms with Gasteiger partial charge in [-0.05, 0) is 56.7 Å². The van der Waals surface area contributed by atoms with Crippen LogP contribution in [0, 0.1) is 6.92 Å². The van der Waals surface area contributed by atoms with E-state index in [1.807, 2.05) is 0 Å². The molecule has 3 rings (SSSR count). The Morgan fingerprint density at radius 3 is 2.74 bits per heavy atom. The van der Waals surface area contributed by atoms with Gasteiger partial charge in [0, 0.05) is 22.4 Å². The zero-order valence-corrected chi connectivity index (χ0v) is 20.3. The van der Waals surface area contributed by atoms with Gasteiger partial charge in [0.1, 0.15) is 17.2 Å². The Bertz CT molecular complexity index is 1240. The first-order valence-electron chi connectivity index (χ1n) is 10.4. The van der Waals surface area contributed by atoms with Gasteiger partial charge in [-0.25, -0.2) is 18.1 Å². The van der Waals surface area contributed by atoms with Gasteiger partial charge in [-0.15, -0.1) is 0 Å².